The zero-order valence-electron chi connectivity index (χ0n) is 11.5. The van der Waals surface area contributed by atoms with Gasteiger partial charge >= 0.3 is 6.18 Å². The number of benzene rings is 1. The van der Waals surface area contributed by atoms with Gasteiger partial charge in [-0.3, -0.25) is 9.80 Å². The van der Waals surface area contributed by atoms with Crippen LogP contribution in [0.4, 0.5) is 13.2 Å². The van der Waals surface area contributed by atoms with Crippen molar-refractivity contribution in [3.05, 3.63) is 35.4 Å². The third-order valence-electron chi connectivity index (χ3n) is 4.48. The van der Waals surface area contributed by atoms with Gasteiger partial charge in [0.1, 0.15) is 0 Å². The minimum absolute atomic E-state index is 0.0747. The normalized spacial score (nSPS) is 27.4. The minimum Gasteiger partial charge on any atom is -0.293 e. The van der Waals surface area contributed by atoms with Crippen LogP contribution in [-0.2, 0) is 6.54 Å². The van der Waals surface area contributed by atoms with E-state index < -0.39 is 12.7 Å². The molecule has 110 valence electrons. The first kappa shape index (κ1) is 13.9. The van der Waals surface area contributed by atoms with Gasteiger partial charge in [0, 0.05) is 31.7 Å². The molecule has 2 heterocycles. The number of rotatable bonds is 3. The largest absolute Gasteiger partial charge is 0.401 e. The van der Waals surface area contributed by atoms with Crippen LogP contribution in [0.15, 0.2) is 24.3 Å². The molecule has 0 saturated carbocycles. The van der Waals surface area contributed by atoms with Crippen LogP contribution < -0.4 is 0 Å². The molecule has 20 heavy (non-hydrogen) atoms. The van der Waals surface area contributed by atoms with Crippen LogP contribution in [0.2, 0.25) is 0 Å². The fourth-order valence-corrected chi connectivity index (χ4v) is 3.46. The molecule has 0 radical (unpaired) electrons. The van der Waals surface area contributed by atoms with Crippen LogP contribution in [0.1, 0.15) is 17.5 Å². The lowest BCUT2D eigenvalue weighted by atomic mass is 10.1. The maximum Gasteiger partial charge on any atom is 0.401 e. The van der Waals surface area contributed by atoms with E-state index >= 15 is 0 Å². The third kappa shape index (κ3) is 2.83. The van der Waals surface area contributed by atoms with Gasteiger partial charge in [-0.1, -0.05) is 24.3 Å². The van der Waals surface area contributed by atoms with Gasteiger partial charge in [0.05, 0.1) is 6.54 Å². The second-order valence-corrected chi connectivity index (χ2v) is 5.94. The summed E-state index contributed by atoms with van der Waals surface area (Å²) in [5, 5.41) is 0. The number of fused-ring (bicyclic) bond motifs is 2. The molecule has 1 aromatic carbocycles. The molecule has 3 rings (SSSR count). The predicted octanol–water partition coefficient (Wildman–Crippen LogP) is 2.82. The first-order valence-electron chi connectivity index (χ1n) is 7.02. The molecule has 0 N–H and O–H groups in total. The topological polar surface area (TPSA) is 6.48 Å². The predicted molar refractivity (Wildman–Crippen MR) is 71.4 cm³/mol. The molecular weight excluding hydrogens is 265 g/mol. The number of hydrogen-bond donors (Lipinski definition) is 0. The summed E-state index contributed by atoms with van der Waals surface area (Å²) in [4.78, 5) is 3.93. The molecule has 2 aliphatic heterocycles. The molecule has 2 nitrogen and oxygen atoms in total. The fourth-order valence-electron chi connectivity index (χ4n) is 3.46. The molecule has 1 aromatic rings. The van der Waals surface area contributed by atoms with Crippen molar-refractivity contribution < 1.29 is 13.2 Å². The maximum absolute atomic E-state index is 12.5. The van der Waals surface area contributed by atoms with Crippen molar-refractivity contribution in [3.8, 4) is 0 Å². The van der Waals surface area contributed by atoms with Crippen molar-refractivity contribution in [1.29, 1.82) is 0 Å². The van der Waals surface area contributed by atoms with E-state index in [1.54, 1.807) is 4.90 Å². The Bertz CT molecular complexity index is 486. The smallest absolute Gasteiger partial charge is 0.293 e. The highest BCUT2D eigenvalue weighted by Gasteiger charge is 2.46. The van der Waals surface area contributed by atoms with Crippen molar-refractivity contribution in [2.75, 3.05) is 19.6 Å². The Morgan fingerprint density at radius 1 is 1.10 bits per heavy atom. The van der Waals surface area contributed by atoms with E-state index in [0.717, 1.165) is 19.5 Å². The standard InChI is InChI=1S/C15H19F3N2/c1-11-4-2-3-5-12(11)7-19-8-14-6-13(19)9-20(14)10-15(16,17)18/h2-5,13-14H,6-10H2,1H3/t13-,14-/m1/s1. The molecule has 5 heteroatoms. The summed E-state index contributed by atoms with van der Waals surface area (Å²) in [5.74, 6) is 0. The zero-order valence-corrected chi connectivity index (χ0v) is 11.5. The Kier molecular flexibility index (Phi) is 3.50. The van der Waals surface area contributed by atoms with Crippen LogP contribution in [0.25, 0.3) is 0 Å². The summed E-state index contributed by atoms with van der Waals surface area (Å²) in [5.41, 5.74) is 2.53. The molecule has 2 aliphatic rings. The van der Waals surface area contributed by atoms with E-state index in [4.69, 9.17) is 0 Å². The molecular formula is C15H19F3N2. The highest BCUT2D eigenvalue weighted by Crippen LogP contribution is 2.34. The average Bonchev–Trinajstić information content (AvgIpc) is 2.89. The second kappa shape index (κ2) is 5.04. The summed E-state index contributed by atoms with van der Waals surface area (Å²) in [6, 6.07) is 8.58. The Hall–Kier alpha value is -1.07. The molecule has 2 atom stereocenters. The molecule has 0 unspecified atom stereocenters. The van der Waals surface area contributed by atoms with Crippen molar-refractivity contribution in [3.63, 3.8) is 0 Å². The lowest BCUT2D eigenvalue weighted by Crippen LogP contribution is -2.48. The lowest BCUT2D eigenvalue weighted by molar-refractivity contribution is -0.150. The van der Waals surface area contributed by atoms with Crippen LogP contribution in [-0.4, -0.2) is 47.7 Å². The Morgan fingerprint density at radius 2 is 1.75 bits per heavy atom. The van der Waals surface area contributed by atoms with Crippen molar-refractivity contribution >= 4 is 0 Å². The van der Waals surface area contributed by atoms with Gasteiger partial charge < -0.3 is 0 Å². The summed E-state index contributed by atoms with van der Waals surface area (Å²) in [7, 11) is 0. The summed E-state index contributed by atoms with van der Waals surface area (Å²) in [6.45, 7) is 3.49. The lowest BCUT2D eigenvalue weighted by Gasteiger charge is -2.34. The van der Waals surface area contributed by atoms with Crippen LogP contribution in [0.5, 0.6) is 0 Å². The maximum atomic E-state index is 12.5. The fraction of sp³-hybridized carbons (Fsp3) is 0.600. The number of alkyl halides is 3. The summed E-state index contributed by atoms with van der Waals surface area (Å²) >= 11 is 0. The molecule has 0 amide bonds. The third-order valence-corrected chi connectivity index (χ3v) is 4.48. The van der Waals surface area contributed by atoms with E-state index in [2.05, 4.69) is 24.0 Å². The van der Waals surface area contributed by atoms with Crippen molar-refractivity contribution in [1.82, 2.24) is 9.80 Å². The zero-order chi connectivity index (χ0) is 14.3. The quantitative estimate of drug-likeness (QED) is 0.842. The van der Waals surface area contributed by atoms with E-state index in [1.165, 1.54) is 11.1 Å². The number of likely N-dealkylation sites (tertiary alicyclic amines) is 2. The average molecular weight is 284 g/mol. The number of nitrogens with zero attached hydrogens (tertiary/aromatic N) is 2. The van der Waals surface area contributed by atoms with Gasteiger partial charge in [-0.2, -0.15) is 13.2 Å². The van der Waals surface area contributed by atoms with Crippen LogP contribution in [0.3, 0.4) is 0 Å². The van der Waals surface area contributed by atoms with Gasteiger partial charge in [0.25, 0.3) is 0 Å². The number of aryl methyl sites for hydroxylation is 1. The second-order valence-electron chi connectivity index (χ2n) is 5.94. The van der Waals surface area contributed by atoms with Gasteiger partial charge in [-0.25, -0.2) is 0 Å². The van der Waals surface area contributed by atoms with Crippen molar-refractivity contribution in [2.24, 2.45) is 0 Å². The van der Waals surface area contributed by atoms with Gasteiger partial charge in [-0.15, -0.1) is 0 Å². The van der Waals surface area contributed by atoms with E-state index in [-0.39, 0.29) is 12.1 Å². The molecule has 2 fully saturated rings. The number of piperazine rings is 1. The van der Waals surface area contributed by atoms with Gasteiger partial charge in [0.15, 0.2) is 0 Å². The molecule has 2 bridgehead atoms. The Morgan fingerprint density at radius 3 is 2.35 bits per heavy atom. The van der Waals surface area contributed by atoms with Crippen LogP contribution in [0, 0.1) is 6.92 Å². The first-order valence-corrected chi connectivity index (χ1v) is 7.02. The SMILES string of the molecule is Cc1ccccc1CN1C[C@H]2C[C@@H]1CN2CC(F)(F)F. The molecule has 2 saturated heterocycles. The highest BCUT2D eigenvalue weighted by atomic mass is 19.4. The van der Waals surface area contributed by atoms with E-state index in [9.17, 15) is 13.2 Å². The monoisotopic (exact) mass is 284 g/mol. The molecule has 0 aliphatic carbocycles. The number of halogens is 3. The van der Waals surface area contributed by atoms with Crippen LogP contribution >= 0.6 is 0 Å². The van der Waals surface area contributed by atoms with E-state index in [0.29, 0.717) is 6.54 Å². The van der Waals surface area contributed by atoms with Crippen molar-refractivity contribution in [2.45, 2.75) is 38.1 Å². The molecule has 0 aromatic heterocycles. The Balaban J connectivity index is 1.61. The minimum atomic E-state index is -4.08. The van der Waals surface area contributed by atoms with Gasteiger partial charge in [0.2, 0.25) is 0 Å². The molecule has 0 spiro atoms. The van der Waals surface area contributed by atoms with E-state index in [1.807, 2.05) is 12.1 Å². The number of hydrogen-bond acceptors (Lipinski definition) is 2. The summed E-state index contributed by atoms with van der Waals surface area (Å²) < 4.78 is 37.4. The highest BCUT2D eigenvalue weighted by molar-refractivity contribution is 5.25. The first-order chi connectivity index (χ1) is 9.42. The summed E-state index contributed by atoms with van der Waals surface area (Å²) in [6.07, 6.45) is -3.20. The Labute approximate surface area is 117 Å². The van der Waals surface area contributed by atoms with Gasteiger partial charge in [-0.05, 0) is 24.5 Å².